The summed E-state index contributed by atoms with van der Waals surface area (Å²) < 4.78 is 0. The molecule has 3 aromatic heterocycles. The van der Waals surface area contributed by atoms with Crippen molar-refractivity contribution in [2.24, 2.45) is 5.16 Å². The minimum absolute atomic E-state index is 0.517. The second-order valence-corrected chi connectivity index (χ2v) is 7.04. The SMILES string of the molecule is C/C(=N\OCCCc1cccc(-c2cc(Cl)cc(C)n2)n1)c1cccc(C)n1. The maximum Gasteiger partial charge on any atom is 0.117 e. The van der Waals surface area contributed by atoms with E-state index in [4.69, 9.17) is 21.4 Å². The molecule has 3 heterocycles. The van der Waals surface area contributed by atoms with Gasteiger partial charge in [-0.2, -0.15) is 0 Å². The van der Waals surface area contributed by atoms with E-state index in [1.807, 2.05) is 69.3 Å². The van der Waals surface area contributed by atoms with Crippen molar-refractivity contribution >= 4 is 17.3 Å². The van der Waals surface area contributed by atoms with Crippen molar-refractivity contribution in [1.82, 2.24) is 15.0 Å². The van der Waals surface area contributed by atoms with Gasteiger partial charge < -0.3 is 4.84 Å². The van der Waals surface area contributed by atoms with Crippen LogP contribution in [0, 0.1) is 13.8 Å². The fraction of sp³-hybridized carbons (Fsp3) is 0.273. The Labute approximate surface area is 170 Å². The Bertz CT molecular complexity index is 968. The van der Waals surface area contributed by atoms with Gasteiger partial charge in [-0.05, 0) is 70.0 Å². The molecule has 0 saturated carbocycles. The summed E-state index contributed by atoms with van der Waals surface area (Å²) in [6.45, 7) is 6.29. The molecule has 3 aromatic rings. The summed E-state index contributed by atoms with van der Waals surface area (Å²) in [5, 5.41) is 4.83. The zero-order chi connectivity index (χ0) is 19.9. The van der Waals surface area contributed by atoms with Gasteiger partial charge in [0.1, 0.15) is 12.3 Å². The average molecular weight is 395 g/mol. The Balaban J connectivity index is 1.55. The number of oxime groups is 1. The number of hydrogen-bond donors (Lipinski definition) is 0. The number of hydrogen-bond acceptors (Lipinski definition) is 5. The van der Waals surface area contributed by atoms with Crippen LogP contribution in [-0.4, -0.2) is 27.3 Å². The quantitative estimate of drug-likeness (QED) is 0.314. The summed E-state index contributed by atoms with van der Waals surface area (Å²) in [6, 6.07) is 15.5. The first-order chi connectivity index (χ1) is 13.5. The van der Waals surface area contributed by atoms with Gasteiger partial charge in [0.05, 0.1) is 17.1 Å². The van der Waals surface area contributed by atoms with Gasteiger partial charge in [-0.3, -0.25) is 15.0 Å². The number of halogens is 1. The second kappa shape index (κ2) is 9.42. The van der Waals surface area contributed by atoms with Crippen molar-refractivity contribution in [3.63, 3.8) is 0 Å². The number of aryl methyl sites for hydroxylation is 3. The van der Waals surface area contributed by atoms with Crippen molar-refractivity contribution in [3.8, 4) is 11.4 Å². The molecule has 5 nitrogen and oxygen atoms in total. The summed E-state index contributed by atoms with van der Waals surface area (Å²) in [5.74, 6) is 0. The standard InChI is InChI=1S/C22H23ClN4O/c1-15-7-4-10-20(24-15)17(3)27-28-12-6-9-19-8-5-11-21(26-19)22-14-18(23)13-16(2)25-22/h4-5,7-8,10-11,13-14H,6,9,12H2,1-3H3/b27-17+. The topological polar surface area (TPSA) is 60.3 Å². The third kappa shape index (κ3) is 5.60. The Morgan fingerprint density at radius 2 is 1.79 bits per heavy atom. The van der Waals surface area contributed by atoms with Crippen LogP contribution >= 0.6 is 11.6 Å². The van der Waals surface area contributed by atoms with E-state index in [9.17, 15) is 0 Å². The Hall–Kier alpha value is -2.79. The molecular weight excluding hydrogens is 372 g/mol. The highest BCUT2D eigenvalue weighted by Crippen LogP contribution is 2.20. The maximum absolute atomic E-state index is 6.14. The minimum Gasteiger partial charge on any atom is -0.396 e. The first-order valence-electron chi connectivity index (χ1n) is 9.22. The molecule has 0 spiro atoms. The van der Waals surface area contributed by atoms with Gasteiger partial charge in [0.2, 0.25) is 0 Å². The molecule has 6 heteroatoms. The van der Waals surface area contributed by atoms with E-state index in [1.54, 1.807) is 0 Å². The first-order valence-corrected chi connectivity index (χ1v) is 9.60. The lowest BCUT2D eigenvalue weighted by molar-refractivity contribution is 0.141. The number of aromatic nitrogens is 3. The molecule has 0 aliphatic heterocycles. The van der Waals surface area contributed by atoms with E-state index in [0.29, 0.717) is 11.6 Å². The van der Waals surface area contributed by atoms with E-state index < -0.39 is 0 Å². The van der Waals surface area contributed by atoms with E-state index in [0.717, 1.165) is 52.7 Å². The highest BCUT2D eigenvalue weighted by molar-refractivity contribution is 6.30. The molecule has 0 radical (unpaired) electrons. The fourth-order valence-electron chi connectivity index (χ4n) is 2.77. The van der Waals surface area contributed by atoms with Gasteiger partial charge in [-0.1, -0.05) is 28.9 Å². The lowest BCUT2D eigenvalue weighted by Gasteiger charge is -2.06. The Morgan fingerprint density at radius 1 is 0.964 bits per heavy atom. The Morgan fingerprint density at radius 3 is 2.57 bits per heavy atom. The molecule has 0 aromatic carbocycles. The number of rotatable bonds is 7. The van der Waals surface area contributed by atoms with Crippen LogP contribution in [0.15, 0.2) is 53.7 Å². The summed E-state index contributed by atoms with van der Waals surface area (Å²) >= 11 is 6.14. The third-order valence-electron chi connectivity index (χ3n) is 4.12. The van der Waals surface area contributed by atoms with Gasteiger partial charge >= 0.3 is 0 Å². The largest absolute Gasteiger partial charge is 0.396 e. The van der Waals surface area contributed by atoms with Crippen molar-refractivity contribution in [2.75, 3.05) is 6.61 Å². The van der Waals surface area contributed by atoms with E-state index >= 15 is 0 Å². The van der Waals surface area contributed by atoms with Crippen molar-refractivity contribution in [1.29, 1.82) is 0 Å². The summed E-state index contributed by atoms with van der Waals surface area (Å²) in [5.41, 5.74) is 6.03. The molecule has 144 valence electrons. The molecular formula is C22H23ClN4O. The van der Waals surface area contributed by atoms with Crippen LogP contribution in [0.4, 0.5) is 0 Å². The molecule has 0 unspecified atom stereocenters. The molecule has 0 aliphatic carbocycles. The van der Waals surface area contributed by atoms with Crippen LogP contribution in [0.25, 0.3) is 11.4 Å². The van der Waals surface area contributed by atoms with Crippen molar-refractivity contribution < 1.29 is 4.84 Å². The maximum atomic E-state index is 6.14. The van der Waals surface area contributed by atoms with Crippen LogP contribution < -0.4 is 0 Å². The molecule has 0 aliphatic rings. The van der Waals surface area contributed by atoms with Crippen LogP contribution in [0.2, 0.25) is 5.02 Å². The minimum atomic E-state index is 0.517. The van der Waals surface area contributed by atoms with Crippen molar-refractivity contribution in [3.05, 3.63) is 76.3 Å². The van der Waals surface area contributed by atoms with Gasteiger partial charge in [-0.15, -0.1) is 0 Å². The molecule has 0 saturated heterocycles. The molecule has 0 N–H and O–H groups in total. The van der Waals surface area contributed by atoms with Crippen LogP contribution in [0.1, 0.15) is 36.1 Å². The molecule has 0 bridgehead atoms. The lowest BCUT2D eigenvalue weighted by atomic mass is 10.2. The van der Waals surface area contributed by atoms with E-state index in [1.165, 1.54) is 0 Å². The smallest absolute Gasteiger partial charge is 0.117 e. The van der Waals surface area contributed by atoms with Crippen molar-refractivity contribution in [2.45, 2.75) is 33.6 Å². The Kier molecular flexibility index (Phi) is 6.71. The highest BCUT2D eigenvalue weighted by atomic mass is 35.5. The lowest BCUT2D eigenvalue weighted by Crippen LogP contribution is -2.02. The summed E-state index contributed by atoms with van der Waals surface area (Å²) in [7, 11) is 0. The molecule has 0 fully saturated rings. The molecule has 3 rings (SSSR count). The molecule has 28 heavy (non-hydrogen) atoms. The second-order valence-electron chi connectivity index (χ2n) is 6.60. The van der Waals surface area contributed by atoms with Gasteiger partial charge in [-0.25, -0.2) is 0 Å². The van der Waals surface area contributed by atoms with Gasteiger partial charge in [0, 0.05) is 22.1 Å². The zero-order valence-electron chi connectivity index (χ0n) is 16.3. The van der Waals surface area contributed by atoms with Gasteiger partial charge in [0.25, 0.3) is 0 Å². The average Bonchev–Trinajstić information content (AvgIpc) is 2.67. The number of nitrogens with zero attached hydrogens (tertiary/aromatic N) is 4. The fourth-order valence-corrected chi connectivity index (χ4v) is 3.03. The zero-order valence-corrected chi connectivity index (χ0v) is 17.1. The normalized spacial score (nSPS) is 11.5. The van der Waals surface area contributed by atoms with E-state index in [2.05, 4.69) is 15.1 Å². The summed E-state index contributed by atoms with van der Waals surface area (Å²) in [4.78, 5) is 19.1. The van der Waals surface area contributed by atoms with Crippen LogP contribution in [0.3, 0.4) is 0 Å². The predicted molar refractivity (Wildman–Crippen MR) is 113 cm³/mol. The summed E-state index contributed by atoms with van der Waals surface area (Å²) in [6.07, 6.45) is 1.61. The van der Waals surface area contributed by atoms with E-state index in [-0.39, 0.29) is 0 Å². The molecule has 0 atom stereocenters. The van der Waals surface area contributed by atoms with Crippen LogP contribution in [-0.2, 0) is 11.3 Å². The molecule has 0 amide bonds. The first kappa shape index (κ1) is 20.0. The van der Waals surface area contributed by atoms with Crippen LogP contribution in [0.5, 0.6) is 0 Å². The van der Waals surface area contributed by atoms with Gasteiger partial charge in [0.15, 0.2) is 0 Å². The third-order valence-corrected chi connectivity index (χ3v) is 4.33. The monoisotopic (exact) mass is 394 g/mol. The predicted octanol–water partition coefficient (Wildman–Crippen LogP) is 5.18. The number of pyridine rings is 3. The highest BCUT2D eigenvalue weighted by Gasteiger charge is 2.05.